The normalized spacial score (nSPS) is 27.8. The van der Waals surface area contributed by atoms with E-state index < -0.39 is 0 Å². The van der Waals surface area contributed by atoms with Crippen molar-refractivity contribution < 1.29 is 5.11 Å². The first-order valence-corrected chi connectivity index (χ1v) is 9.71. The number of aliphatic hydroxyl groups excluding tert-OH is 1. The predicted molar refractivity (Wildman–Crippen MR) is 96.2 cm³/mol. The lowest BCUT2D eigenvalue weighted by Crippen LogP contribution is -2.54. The SMILES string of the molecule is CN(C)c1ncc(CN2CC[C@@H](N3CCCCCC3)[C@H](O)C2)s1. The van der Waals surface area contributed by atoms with E-state index in [-0.39, 0.29) is 6.10 Å². The van der Waals surface area contributed by atoms with Crippen LogP contribution in [0.1, 0.15) is 37.0 Å². The number of rotatable bonds is 4. The summed E-state index contributed by atoms with van der Waals surface area (Å²) in [7, 11) is 4.05. The molecule has 2 saturated heterocycles. The molecule has 130 valence electrons. The van der Waals surface area contributed by atoms with Gasteiger partial charge < -0.3 is 10.0 Å². The van der Waals surface area contributed by atoms with E-state index in [1.165, 1.54) is 43.6 Å². The molecule has 1 N–H and O–H groups in total. The second-order valence-electron chi connectivity index (χ2n) is 7.11. The van der Waals surface area contributed by atoms with Crippen molar-refractivity contribution in [3.8, 4) is 0 Å². The fourth-order valence-corrected chi connectivity index (χ4v) is 4.65. The van der Waals surface area contributed by atoms with Crippen LogP contribution in [0.2, 0.25) is 0 Å². The fourth-order valence-electron chi connectivity index (χ4n) is 3.78. The maximum absolute atomic E-state index is 10.7. The third-order valence-electron chi connectivity index (χ3n) is 5.04. The molecule has 3 heterocycles. The number of nitrogens with zero attached hydrogens (tertiary/aromatic N) is 4. The van der Waals surface area contributed by atoms with Crippen molar-refractivity contribution in [2.24, 2.45) is 0 Å². The lowest BCUT2D eigenvalue weighted by Gasteiger charge is -2.41. The largest absolute Gasteiger partial charge is 0.390 e. The minimum atomic E-state index is -0.219. The van der Waals surface area contributed by atoms with Crippen molar-refractivity contribution in [1.29, 1.82) is 0 Å². The third-order valence-corrected chi connectivity index (χ3v) is 6.19. The smallest absolute Gasteiger partial charge is 0.185 e. The molecule has 0 spiro atoms. The Morgan fingerprint density at radius 2 is 1.96 bits per heavy atom. The highest BCUT2D eigenvalue weighted by atomic mass is 32.1. The van der Waals surface area contributed by atoms with Crippen LogP contribution in [0.5, 0.6) is 0 Å². The van der Waals surface area contributed by atoms with Gasteiger partial charge in [-0.25, -0.2) is 4.98 Å². The van der Waals surface area contributed by atoms with Gasteiger partial charge in [0.1, 0.15) is 0 Å². The van der Waals surface area contributed by atoms with Crippen LogP contribution in [-0.2, 0) is 6.54 Å². The minimum Gasteiger partial charge on any atom is -0.390 e. The summed E-state index contributed by atoms with van der Waals surface area (Å²) in [6.45, 7) is 5.12. The first kappa shape index (κ1) is 17.1. The number of piperidine rings is 1. The highest BCUT2D eigenvalue weighted by molar-refractivity contribution is 7.15. The van der Waals surface area contributed by atoms with Gasteiger partial charge >= 0.3 is 0 Å². The van der Waals surface area contributed by atoms with E-state index >= 15 is 0 Å². The topological polar surface area (TPSA) is 42.8 Å². The van der Waals surface area contributed by atoms with Crippen LogP contribution >= 0.6 is 11.3 Å². The highest BCUT2D eigenvalue weighted by Gasteiger charge is 2.32. The minimum absolute atomic E-state index is 0.219. The highest BCUT2D eigenvalue weighted by Crippen LogP contribution is 2.25. The zero-order valence-electron chi connectivity index (χ0n) is 14.4. The molecular formula is C17H30N4OS. The van der Waals surface area contributed by atoms with Crippen LogP contribution in [0.3, 0.4) is 0 Å². The number of anilines is 1. The molecule has 0 unspecified atom stereocenters. The van der Waals surface area contributed by atoms with Gasteiger partial charge in [-0.1, -0.05) is 12.8 Å². The Bertz CT molecular complexity index is 485. The molecule has 2 aliphatic rings. The summed E-state index contributed by atoms with van der Waals surface area (Å²) in [6.07, 6.45) is 8.13. The summed E-state index contributed by atoms with van der Waals surface area (Å²) in [5.74, 6) is 0. The van der Waals surface area contributed by atoms with E-state index in [1.807, 2.05) is 20.3 Å². The summed E-state index contributed by atoms with van der Waals surface area (Å²) < 4.78 is 0. The van der Waals surface area contributed by atoms with E-state index in [0.29, 0.717) is 6.04 Å². The molecule has 2 fully saturated rings. The van der Waals surface area contributed by atoms with E-state index in [0.717, 1.165) is 31.2 Å². The number of β-amino-alcohol motifs (C(OH)–C–C–N with tert-alkyl or cyclic N) is 1. The number of thiazole rings is 1. The Hall–Kier alpha value is -0.690. The van der Waals surface area contributed by atoms with Crippen molar-refractivity contribution in [3.63, 3.8) is 0 Å². The Balaban J connectivity index is 1.53. The Labute approximate surface area is 143 Å². The van der Waals surface area contributed by atoms with E-state index in [2.05, 4.69) is 19.7 Å². The summed E-state index contributed by atoms with van der Waals surface area (Å²) >= 11 is 1.75. The summed E-state index contributed by atoms with van der Waals surface area (Å²) in [4.78, 5) is 12.7. The average Bonchev–Trinajstić information content (AvgIpc) is 2.82. The molecule has 23 heavy (non-hydrogen) atoms. The summed E-state index contributed by atoms with van der Waals surface area (Å²) in [5, 5.41) is 11.7. The maximum Gasteiger partial charge on any atom is 0.185 e. The molecule has 0 aliphatic carbocycles. The van der Waals surface area contributed by atoms with Crippen molar-refractivity contribution in [2.75, 3.05) is 45.2 Å². The zero-order valence-corrected chi connectivity index (χ0v) is 15.3. The van der Waals surface area contributed by atoms with Crippen molar-refractivity contribution in [2.45, 2.75) is 50.8 Å². The molecular weight excluding hydrogens is 308 g/mol. The lowest BCUT2D eigenvalue weighted by atomic mass is 9.99. The van der Waals surface area contributed by atoms with Gasteiger partial charge in [-0.05, 0) is 32.4 Å². The van der Waals surface area contributed by atoms with E-state index in [4.69, 9.17) is 0 Å². The molecule has 0 amide bonds. The van der Waals surface area contributed by atoms with Gasteiger partial charge in [0.15, 0.2) is 5.13 Å². The van der Waals surface area contributed by atoms with Crippen LogP contribution in [0.15, 0.2) is 6.20 Å². The number of likely N-dealkylation sites (tertiary alicyclic amines) is 2. The molecule has 2 aliphatic heterocycles. The van der Waals surface area contributed by atoms with Gasteiger partial charge in [-0.3, -0.25) is 9.80 Å². The standard InChI is InChI=1S/C17H30N4OS/c1-19(2)17-18-11-14(23-17)12-20-10-7-15(16(22)13-20)21-8-5-3-4-6-9-21/h11,15-16,22H,3-10,12-13H2,1-2H3/t15-,16-/m1/s1. The van der Waals surface area contributed by atoms with Crippen LogP contribution in [0.25, 0.3) is 0 Å². The average molecular weight is 339 g/mol. The molecule has 6 heteroatoms. The monoisotopic (exact) mass is 338 g/mol. The van der Waals surface area contributed by atoms with Crippen molar-refractivity contribution >= 4 is 16.5 Å². The second kappa shape index (κ2) is 7.92. The summed E-state index contributed by atoms with van der Waals surface area (Å²) in [6, 6.07) is 0.364. The number of hydrogen-bond donors (Lipinski definition) is 1. The second-order valence-corrected chi connectivity index (χ2v) is 8.21. The number of aliphatic hydroxyl groups is 1. The first-order valence-electron chi connectivity index (χ1n) is 8.90. The third kappa shape index (κ3) is 4.44. The number of hydrogen-bond acceptors (Lipinski definition) is 6. The van der Waals surface area contributed by atoms with Gasteiger partial charge in [0.05, 0.1) is 6.10 Å². The fraction of sp³-hybridized carbons (Fsp3) is 0.824. The maximum atomic E-state index is 10.7. The molecule has 0 radical (unpaired) electrons. The first-order chi connectivity index (χ1) is 11.1. The quantitative estimate of drug-likeness (QED) is 0.910. The number of aromatic nitrogens is 1. The van der Waals surface area contributed by atoms with Crippen LogP contribution in [-0.4, -0.2) is 72.3 Å². The van der Waals surface area contributed by atoms with E-state index in [1.54, 1.807) is 11.3 Å². The molecule has 0 aromatic carbocycles. The molecule has 1 aromatic rings. The van der Waals surface area contributed by atoms with Crippen LogP contribution in [0.4, 0.5) is 5.13 Å². The molecule has 0 saturated carbocycles. The Kier molecular flexibility index (Phi) is 5.91. The molecule has 5 nitrogen and oxygen atoms in total. The van der Waals surface area contributed by atoms with Gasteiger partial charge in [0, 0.05) is 50.8 Å². The van der Waals surface area contributed by atoms with Crippen LogP contribution in [0, 0.1) is 0 Å². The van der Waals surface area contributed by atoms with Gasteiger partial charge in [-0.15, -0.1) is 11.3 Å². The van der Waals surface area contributed by atoms with Gasteiger partial charge in [0.2, 0.25) is 0 Å². The molecule has 3 rings (SSSR count). The lowest BCUT2D eigenvalue weighted by molar-refractivity contribution is -0.0141. The molecule has 1 aromatic heterocycles. The van der Waals surface area contributed by atoms with Crippen molar-refractivity contribution in [1.82, 2.24) is 14.8 Å². The van der Waals surface area contributed by atoms with Gasteiger partial charge in [-0.2, -0.15) is 0 Å². The molecule has 2 atom stereocenters. The van der Waals surface area contributed by atoms with Crippen LogP contribution < -0.4 is 4.90 Å². The Morgan fingerprint density at radius 1 is 1.22 bits per heavy atom. The van der Waals surface area contributed by atoms with Gasteiger partial charge in [0.25, 0.3) is 0 Å². The zero-order chi connectivity index (χ0) is 16.2. The Morgan fingerprint density at radius 3 is 2.57 bits per heavy atom. The molecule has 0 bridgehead atoms. The van der Waals surface area contributed by atoms with E-state index in [9.17, 15) is 5.11 Å². The predicted octanol–water partition coefficient (Wildman–Crippen LogP) is 2.02. The summed E-state index contributed by atoms with van der Waals surface area (Å²) in [5.41, 5.74) is 0. The van der Waals surface area contributed by atoms with Crippen molar-refractivity contribution in [3.05, 3.63) is 11.1 Å².